The summed E-state index contributed by atoms with van der Waals surface area (Å²) in [6.45, 7) is 0.0912. The first-order valence-electron chi connectivity index (χ1n) is 11.6. The highest BCUT2D eigenvalue weighted by Gasteiger charge is 2.54. The number of carbonyl (C=O) groups is 3. The Balaban J connectivity index is 1.32. The molecular formula is C25H24N6O4S2. The van der Waals surface area contributed by atoms with Gasteiger partial charge in [-0.05, 0) is 27.1 Å². The number of fused-ring (bicyclic) bond motifs is 1. The standard InChI is InChI=1S/C25H24N6O4S2/c1-30-25(27-28-29-30)37-15-18-14-36-23-20(26-19(32)12-16-8-4-2-5-9-16)22(33)31(23)21(18)24(34)35-13-17-10-6-3-7-11-17/h2-11,20,23H,12-15H2,1H3,(H,26,32)/t20-,23-/m1/s1. The Morgan fingerprint density at radius 1 is 1.11 bits per heavy atom. The second kappa shape index (κ2) is 11.2. The van der Waals surface area contributed by atoms with Gasteiger partial charge in [0.15, 0.2) is 0 Å². The Morgan fingerprint density at radius 2 is 1.81 bits per heavy atom. The van der Waals surface area contributed by atoms with Crippen LogP contribution in [0.3, 0.4) is 0 Å². The van der Waals surface area contributed by atoms with Gasteiger partial charge in [0.1, 0.15) is 23.7 Å². The molecule has 2 aromatic carbocycles. The van der Waals surface area contributed by atoms with E-state index in [2.05, 4.69) is 20.8 Å². The lowest BCUT2D eigenvalue weighted by atomic mass is 10.0. The third-order valence-electron chi connectivity index (χ3n) is 5.93. The van der Waals surface area contributed by atoms with E-state index in [9.17, 15) is 14.4 Å². The van der Waals surface area contributed by atoms with Crippen LogP contribution in [0.2, 0.25) is 0 Å². The molecule has 10 nitrogen and oxygen atoms in total. The van der Waals surface area contributed by atoms with Crippen molar-refractivity contribution >= 4 is 41.3 Å². The van der Waals surface area contributed by atoms with Crippen molar-refractivity contribution in [2.24, 2.45) is 7.05 Å². The van der Waals surface area contributed by atoms with Gasteiger partial charge in [0, 0.05) is 18.6 Å². The summed E-state index contributed by atoms with van der Waals surface area (Å²) in [5.74, 6) is -0.207. The molecule has 0 unspecified atom stereocenters. The fourth-order valence-electron chi connectivity index (χ4n) is 4.08. The van der Waals surface area contributed by atoms with Crippen LogP contribution in [-0.2, 0) is 39.2 Å². The summed E-state index contributed by atoms with van der Waals surface area (Å²) in [6.07, 6.45) is 0.178. The van der Waals surface area contributed by atoms with Crippen LogP contribution >= 0.6 is 23.5 Å². The molecule has 3 heterocycles. The lowest BCUT2D eigenvalue weighted by Crippen LogP contribution is -2.70. The number of nitrogens with zero attached hydrogens (tertiary/aromatic N) is 5. The number of rotatable bonds is 9. The summed E-state index contributed by atoms with van der Waals surface area (Å²) >= 11 is 2.89. The minimum Gasteiger partial charge on any atom is -0.456 e. The summed E-state index contributed by atoms with van der Waals surface area (Å²) in [6, 6.07) is 18.0. The van der Waals surface area contributed by atoms with Crippen LogP contribution in [0.25, 0.3) is 0 Å². The number of hydrogen-bond donors (Lipinski definition) is 1. The van der Waals surface area contributed by atoms with Gasteiger partial charge in [-0.1, -0.05) is 72.4 Å². The van der Waals surface area contributed by atoms with Crippen LogP contribution in [0.5, 0.6) is 0 Å². The smallest absolute Gasteiger partial charge is 0.355 e. The number of aromatic nitrogens is 4. The molecule has 5 rings (SSSR count). The molecule has 12 heteroatoms. The SMILES string of the molecule is Cn1nnnc1SCC1=C(C(=O)OCc2ccccc2)N2C(=O)[C@@H](NC(=O)Cc3ccccc3)[C@H]2SC1. The Kier molecular flexibility index (Phi) is 7.56. The van der Waals surface area contributed by atoms with E-state index in [1.54, 1.807) is 11.7 Å². The highest BCUT2D eigenvalue weighted by Crippen LogP contribution is 2.42. The third-order valence-corrected chi connectivity index (χ3v) is 8.37. The van der Waals surface area contributed by atoms with Gasteiger partial charge < -0.3 is 10.1 Å². The monoisotopic (exact) mass is 536 g/mol. The van der Waals surface area contributed by atoms with Gasteiger partial charge in [-0.25, -0.2) is 9.48 Å². The molecule has 2 amide bonds. The van der Waals surface area contributed by atoms with Crippen molar-refractivity contribution in [1.82, 2.24) is 30.4 Å². The quantitative estimate of drug-likeness (QED) is 0.249. The zero-order valence-corrected chi connectivity index (χ0v) is 21.6. The molecule has 1 N–H and O–H groups in total. The van der Waals surface area contributed by atoms with Crippen molar-refractivity contribution < 1.29 is 19.1 Å². The maximum Gasteiger partial charge on any atom is 0.355 e. The fourth-order valence-corrected chi connectivity index (χ4v) is 6.41. The van der Waals surface area contributed by atoms with E-state index in [1.807, 2.05) is 60.7 Å². The average molecular weight is 537 g/mol. The van der Waals surface area contributed by atoms with E-state index >= 15 is 0 Å². The van der Waals surface area contributed by atoms with E-state index in [4.69, 9.17) is 4.74 Å². The van der Waals surface area contributed by atoms with Crippen molar-refractivity contribution in [3.8, 4) is 0 Å². The lowest BCUT2D eigenvalue weighted by molar-refractivity contribution is -0.153. The molecule has 0 saturated carbocycles. The maximum absolute atomic E-state index is 13.3. The van der Waals surface area contributed by atoms with Crippen LogP contribution in [0.4, 0.5) is 0 Å². The van der Waals surface area contributed by atoms with Crippen molar-refractivity contribution in [3.05, 3.63) is 83.1 Å². The number of amides is 2. The number of carbonyl (C=O) groups excluding carboxylic acids is 3. The second-order valence-electron chi connectivity index (χ2n) is 8.51. The van der Waals surface area contributed by atoms with E-state index in [0.717, 1.165) is 16.7 Å². The number of thioether (sulfide) groups is 2. The van der Waals surface area contributed by atoms with E-state index in [-0.39, 0.29) is 35.9 Å². The van der Waals surface area contributed by atoms with E-state index < -0.39 is 12.0 Å². The molecule has 2 aliphatic rings. The summed E-state index contributed by atoms with van der Waals surface area (Å²) in [7, 11) is 1.74. The number of hydrogen-bond acceptors (Lipinski definition) is 9. The molecular weight excluding hydrogens is 512 g/mol. The van der Waals surface area contributed by atoms with Crippen molar-refractivity contribution in [1.29, 1.82) is 0 Å². The molecule has 2 aliphatic heterocycles. The molecule has 0 aliphatic carbocycles. The minimum absolute atomic E-state index is 0.0912. The lowest BCUT2D eigenvalue weighted by Gasteiger charge is -2.49. The van der Waals surface area contributed by atoms with Crippen molar-refractivity contribution in [3.63, 3.8) is 0 Å². The molecule has 3 aromatic rings. The molecule has 37 heavy (non-hydrogen) atoms. The number of aryl methyl sites for hydroxylation is 1. The molecule has 190 valence electrons. The Bertz CT molecular complexity index is 1330. The Labute approximate surface area is 221 Å². The molecule has 1 fully saturated rings. The van der Waals surface area contributed by atoms with E-state index in [1.165, 1.54) is 28.4 Å². The van der Waals surface area contributed by atoms with Gasteiger partial charge in [-0.3, -0.25) is 14.5 Å². The highest BCUT2D eigenvalue weighted by molar-refractivity contribution is 8.01. The molecule has 2 atom stereocenters. The van der Waals surface area contributed by atoms with Gasteiger partial charge in [-0.15, -0.1) is 16.9 Å². The van der Waals surface area contributed by atoms with Crippen LogP contribution in [0.15, 0.2) is 77.1 Å². The molecule has 1 aromatic heterocycles. The summed E-state index contributed by atoms with van der Waals surface area (Å²) in [4.78, 5) is 40.6. The highest BCUT2D eigenvalue weighted by atomic mass is 32.2. The second-order valence-corrected chi connectivity index (χ2v) is 10.6. The topological polar surface area (TPSA) is 119 Å². The summed E-state index contributed by atoms with van der Waals surface area (Å²) < 4.78 is 7.16. The first kappa shape index (κ1) is 25.0. The van der Waals surface area contributed by atoms with Gasteiger partial charge >= 0.3 is 5.97 Å². The Morgan fingerprint density at radius 3 is 2.49 bits per heavy atom. The van der Waals surface area contributed by atoms with Crippen LogP contribution in [0, 0.1) is 0 Å². The number of esters is 1. The van der Waals surface area contributed by atoms with Gasteiger partial charge in [-0.2, -0.15) is 0 Å². The molecule has 0 spiro atoms. The summed E-state index contributed by atoms with van der Waals surface area (Å²) in [5, 5.41) is 14.5. The largest absolute Gasteiger partial charge is 0.456 e. The van der Waals surface area contributed by atoms with Crippen molar-refractivity contribution in [2.75, 3.05) is 11.5 Å². The number of ether oxygens (including phenoxy) is 1. The predicted molar refractivity (Wildman–Crippen MR) is 138 cm³/mol. The summed E-state index contributed by atoms with van der Waals surface area (Å²) in [5.41, 5.74) is 2.71. The molecule has 0 radical (unpaired) electrons. The van der Waals surface area contributed by atoms with Crippen LogP contribution < -0.4 is 5.32 Å². The normalized spacial score (nSPS) is 18.7. The van der Waals surface area contributed by atoms with E-state index in [0.29, 0.717) is 16.7 Å². The van der Waals surface area contributed by atoms with Crippen LogP contribution in [-0.4, -0.2) is 65.8 Å². The predicted octanol–water partition coefficient (Wildman–Crippen LogP) is 1.94. The zero-order valence-electron chi connectivity index (χ0n) is 19.9. The number of β-lactam (4-membered cyclic amide) rings is 1. The average Bonchev–Trinajstić information content (AvgIpc) is 3.34. The maximum atomic E-state index is 13.3. The fraction of sp³-hybridized carbons (Fsp3) is 0.280. The molecule has 0 bridgehead atoms. The first-order chi connectivity index (χ1) is 18.0. The molecule has 1 saturated heterocycles. The zero-order chi connectivity index (χ0) is 25.8. The number of nitrogens with one attached hydrogen (secondary N) is 1. The van der Waals surface area contributed by atoms with Gasteiger partial charge in [0.2, 0.25) is 11.1 Å². The van der Waals surface area contributed by atoms with Crippen molar-refractivity contribution in [2.45, 2.75) is 29.6 Å². The van der Waals surface area contributed by atoms with Gasteiger partial charge in [0.25, 0.3) is 5.91 Å². The number of tetrazole rings is 1. The Hall–Kier alpha value is -3.64. The first-order valence-corrected chi connectivity index (χ1v) is 13.6. The third kappa shape index (κ3) is 5.54. The minimum atomic E-state index is -0.699. The van der Waals surface area contributed by atoms with Crippen LogP contribution in [0.1, 0.15) is 11.1 Å². The number of benzene rings is 2. The van der Waals surface area contributed by atoms with Gasteiger partial charge in [0.05, 0.1) is 6.42 Å².